The van der Waals surface area contributed by atoms with E-state index in [2.05, 4.69) is 19.0 Å². The highest BCUT2D eigenvalue weighted by Gasteiger charge is 2.24. The lowest BCUT2D eigenvalue weighted by Crippen LogP contribution is -2.34. The molecule has 2 atom stereocenters. The van der Waals surface area contributed by atoms with Crippen molar-refractivity contribution in [2.24, 2.45) is 10.9 Å². The van der Waals surface area contributed by atoms with Crippen LogP contribution in [-0.4, -0.2) is 36.0 Å². The standard InChI is InChI=1S/C12H24N2O3/c1-9-7-11(8-10(2)17-9)16-6-4-3-5-12(13)14-15/h9-11,15H,3-8H2,1-2H3,(H2,13,14). The molecule has 2 unspecified atom stereocenters. The van der Waals surface area contributed by atoms with Crippen molar-refractivity contribution in [2.75, 3.05) is 6.61 Å². The van der Waals surface area contributed by atoms with Gasteiger partial charge >= 0.3 is 0 Å². The second kappa shape index (κ2) is 7.50. The fraction of sp³-hybridized carbons (Fsp3) is 0.917. The van der Waals surface area contributed by atoms with Gasteiger partial charge in [-0.2, -0.15) is 0 Å². The third-order valence-electron chi connectivity index (χ3n) is 2.96. The Morgan fingerprint density at radius 3 is 2.59 bits per heavy atom. The summed E-state index contributed by atoms with van der Waals surface area (Å²) < 4.78 is 11.5. The average Bonchev–Trinajstić information content (AvgIpc) is 2.27. The van der Waals surface area contributed by atoms with Crippen LogP contribution >= 0.6 is 0 Å². The van der Waals surface area contributed by atoms with E-state index in [0.29, 0.717) is 30.6 Å². The number of hydrogen-bond acceptors (Lipinski definition) is 4. The van der Waals surface area contributed by atoms with Gasteiger partial charge in [0.1, 0.15) is 5.84 Å². The Labute approximate surface area is 103 Å². The molecule has 5 heteroatoms. The maximum absolute atomic E-state index is 8.37. The average molecular weight is 244 g/mol. The number of rotatable bonds is 6. The Bertz CT molecular complexity index is 236. The minimum Gasteiger partial charge on any atom is -0.409 e. The van der Waals surface area contributed by atoms with Gasteiger partial charge in [-0.25, -0.2) is 0 Å². The normalized spacial score (nSPS) is 30.5. The quantitative estimate of drug-likeness (QED) is 0.246. The largest absolute Gasteiger partial charge is 0.409 e. The van der Waals surface area contributed by atoms with Crippen molar-refractivity contribution < 1.29 is 14.7 Å². The highest BCUT2D eigenvalue weighted by molar-refractivity contribution is 5.79. The zero-order valence-corrected chi connectivity index (χ0v) is 10.8. The first-order valence-electron chi connectivity index (χ1n) is 6.35. The van der Waals surface area contributed by atoms with E-state index in [0.717, 1.165) is 32.3 Å². The summed E-state index contributed by atoms with van der Waals surface area (Å²) in [6.07, 6.45) is 5.32. The van der Waals surface area contributed by atoms with Crippen LogP contribution in [0.4, 0.5) is 0 Å². The Balaban J connectivity index is 2.06. The zero-order valence-electron chi connectivity index (χ0n) is 10.8. The summed E-state index contributed by atoms with van der Waals surface area (Å²) in [5.74, 6) is 0.290. The number of hydrogen-bond donors (Lipinski definition) is 2. The van der Waals surface area contributed by atoms with Crippen LogP contribution in [0, 0.1) is 0 Å². The van der Waals surface area contributed by atoms with Crippen LogP contribution < -0.4 is 5.73 Å². The number of amidine groups is 1. The van der Waals surface area contributed by atoms with E-state index in [1.165, 1.54) is 0 Å². The molecule has 1 fully saturated rings. The first kappa shape index (κ1) is 14.3. The van der Waals surface area contributed by atoms with Crippen molar-refractivity contribution in [3.05, 3.63) is 0 Å². The molecule has 0 radical (unpaired) electrons. The maximum Gasteiger partial charge on any atom is 0.139 e. The van der Waals surface area contributed by atoms with E-state index in [-0.39, 0.29) is 0 Å². The Morgan fingerprint density at radius 2 is 2.00 bits per heavy atom. The molecule has 1 aliphatic heterocycles. The number of ether oxygens (including phenoxy) is 2. The summed E-state index contributed by atoms with van der Waals surface area (Å²) in [5.41, 5.74) is 5.38. The molecular formula is C12H24N2O3. The lowest BCUT2D eigenvalue weighted by Gasteiger charge is -2.32. The van der Waals surface area contributed by atoms with Gasteiger partial charge in [-0.05, 0) is 39.5 Å². The summed E-state index contributed by atoms with van der Waals surface area (Å²) >= 11 is 0. The maximum atomic E-state index is 8.37. The van der Waals surface area contributed by atoms with E-state index in [9.17, 15) is 0 Å². The summed E-state index contributed by atoms with van der Waals surface area (Å²) in [6.45, 7) is 4.91. The third kappa shape index (κ3) is 5.89. The van der Waals surface area contributed by atoms with Crippen molar-refractivity contribution in [3.8, 4) is 0 Å². The molecule has 0 spiro atoms. The smallest absolute Gasteiger partial charge is 0.139 e. The summed E-state index contributed by atoms with van der Waals surface area (Å²) in [4.78, 5) is 0. The van der Waals surface area contributed by atoms with Crippen LogP contribution in [0.15, 0.2) is 5.16 Å². The van der Waals surface area contributed by atoms with Crippen molar-refractivity contribution in [1.82, 2.24) is 0 Å². The summed E-state index contributed by atoms with van der Waals surface area (Å²) in [7, 11) is 0. The fourth-order valence-corrected chi connectivity index (χ4v) is 2.19. The molecule has 0 saturated carbocycles. The first-order valence-corrected chi connectivity index (χ1v) is 6.35. The predicted molar refractivity (Wildman–Crippen MR) is 66.2 cm³/mol. The highest BCUT2D eigenvalue weighted by atomic mass is 16.5. The Kier molecular flexibility index (Phi) is 6.29. The van der Waals surface area contributed by atoms with Gasteiger partial charge in [-0.15, -0.1) is 0 Å². The Hall–Kier alpha value is -0.810. The predicted octanol–water partition coefficient (Wildman–Crippen LogP) is 1.88. The van der Waals surface area contributed by atoms with Crippen LogP contribution in [0.1, 0.15) is 46.0 Å². The van der Waals surface area contributed by atoms with Crippen LogP contribution in [-0.2, 0) is 9.47 Å². The van der Waals surface area contributed by atoms with E-state index in [1.807, 2.05) is 0 Å². The molecule has 0 amide bonds. The molecule has 1 heterocycles. The number of nitrogens with zero attached hydrogens (tertiary/aromatic N) is 1. The molecule has 5 nitrogen and oxygen atoms in total. The minimum absolute atomic E-state index is 0.290. The SMILES string of the molecule is CC1CC(OCCCCC(N)=NO)CC(C)O1. The van der Waals surface area contributed by atoms with Gasteiger partial charge in [-0.1, -0.05) is 5.16 Å². The van der Waals surface area contributed by atoms with E-state index >= 15 is 0 Å². The van der Waals surface area contributed by atoms with Crippen LogP contribution in [0.5, 0.6) is 0 Å². The monoisotopic (exact) mass is 244 g/mol. The summed E-state index contributed by atoms with van der Waals surface area (Å²) in [6, 6.07) is 0. The van der Waals surface area contributed by atoms with E-state index < -0.39 is 0 Å². The molecule has 0 aliphatic carbocycles. The van der Waals surface area contributed by atoms with E-state index in [1.54, 1.807) is 0 Å². The molecule has 17 heavy (non-hydrogen) atoms. The van der Waals surface area contributed by atoms with Crippen molar-refractivity contribution in [3.63, 3.8) is 0 Å². The molecule has 3 N–H and O–H groups in total. The van der Waals surface area contributed by atoms with Crippen molar-refractivity contribution >= 4 is 5.84 Å². The number of unbranched alkanes of at least 4 members (excludes halogenated alkanes) is 1. The van der Waals surface area contributed by atoms with Crippen LogP contribution in [0.2, 0.25) is 0 Å². The molecule has 1 saturated heterocycles. The molecule has 0 aromatic rings. The lowest BCUT2D eigenvalue weighted by atomic mass is 10.0. The topological polar surface area (TPSA) is 77.1 Å². The zero-order chi connectivity index (χ0) is 12.7. The lowest BCUT2D eigenvalue weighted by molar-refractivity contribution is -0.102. The Morgan fingerprint density at radius 1 is 1.35 bits per heavy atom. The second-order valence-corrected chi connectivity index (χ2v) is 4.77. The van der Waals surface area contributed by atoms with Gasteiger partial charge in [-0.3, -0.25) is 0 Å². The van der Waals surface area contributed by atoms with Gasteiger partial charge in [0.15, 0.2) is 0 Å². The molecular weight excluding hydrogens is 220 g/mol. The molecule has 0 bridgehead atoms. The minimum atomic E-state index is 0.290. The third-order valence-corrected chi connectivity index (χ3v) is 2.96. The van der Waals surface area contributed by atoms with Gasteiger partial charge in [0.25, 0.3) is 0 Å². The highest BCUT2D eigenvalue weighted by Crippen LogP contribution is 2.21. The van der Waals surface area contributed by atoms with Crippen LogP contribution in [0.25, 0.3) is 0 Å². The molecule has 1 aliphatic rings. The number of oxime groups is 1. The summed E-state index contributed by atoms with van der Waals surface area (Å²) in [5, 5.41) is 11.3. The molecule has 0 aromatic heterocycles. The molecule has 100 valence electrons. The van der Waals surface area contributed by atoms with Gasteiger partial charge in [0.05, 0.1) is 18.3 Å². The fourth-order valence-electron chi connectivity index (χ4n) is 2.19. The number of nitrogens with two attached hydrogens (primary N) is 1. The van der Waals surface area contributed by atoms with Crippen molar-refractivity contribution in [2.45, 2.75) is 64.3 Å². The first-order chi connectivity index (χ1) is 8.11. The second-order valence-electron chi connectivity index (χ2n) is 4.77. The molecule has 1 rings (SSSR count). The molecule has 0 aromatic carbocycles. The van der Waals surface area contributed by atoms with Gasteiger partial charge in [0.2, 0.25) is 0 Å². The van der Waals surface area contributed by atoms with Gasteiger partial charge in [0, 0.05) is 13.0 Å². The van der Waals surface area contributed by atoms with Crippen LogP contribution in [0.3, 0.4) is 0 Å². The van der Waals surface area contributed by atoms with E-state index in [4.69, 9.17) is 20.4 Å². The van der Waals surface area contributed by atoms with Gasteiger partial charge < -0.3 is 20.4 Å². The van der Waals surface area contributed by atoms with Crippen molar-refractivity contribution in [1.29, 1.82) is 0 Å².